The highest BCUT2D eigenvalue weighted by molar-refractivity contribution is 7.92. The van der Waals surface area contributed by atoms with E-state index in [2.05, 4.69) is 19.9 Å². The number of benzene rings is 2. The molecule has 0 atom stereocenters. The van der Waals surface area contributed by atoms with E-state index in [-0.39, 0.29) is 11.5 Å². The number of thiazole rings is 1. The minimum Gasteiger partial charge on any atom is -0.381 e. The van der Waals surface area contributed by atoms with E-state index in [1.807, 2.05) is 24.3 Å². The van der Waals surface area contributed by atoms with Crippen molar-refractivity contribution in [2.24, 2.45) is 0 Å². The maximum atomic E-state index is 14.5. The van der Waals surface area contributed by atoms with Gasteiger partial charge in [-0.25, -0.2) is 22.2 Å². The zero-order valence-electron chi connectivity index (χ0n) is 15.9. The Kier molecular flexibility index (Phi) is 5.98. The van der Waals surface area contributed by atoms with Crippen LogP contribution in [0.15, 0.2) is 52.2 Å². The van der Waals surface area contributed by atoms with Crippen molar-refractivity contribution in [1.29, 1.82) is 0 Å². The molecule has 0 bridgehead atoms. The van der Waals surface area contributed by atoms with Crippen LogP contribution in [0.2, 0.25) is 0 Å². The molecule has 0 amide bonds. The highest BCUT2D eigenvalue weighted by Crippen LogP contribution is 2.26. The Bertz CT molecular complexity index is 1110. The molecule has 4 rings (SSSR count). The van der Waals surface area contributed by atoms with Crippen LogP contribution in [0.4, 0.5) is 20.3 Å². The van der Waals surface area contributed by atoms with Crippen LogP contribution in [0.1, 0.15) is 17.5 Å². The first-order valence-electron chi connectivity index (χ1n) is 9.35. The summed E-state index contributed by atoms with van der Waals surface area (Å²) in [5, 5.41) is 4.42. The molecule has 2 heterocycles. The predicted octanol–water partition coefficient (Wildman–Crippen LogP) is 4.04. The number of sulfonamides is 1. The van der Waals surface area contributed by atoms with Crippen LogP contribution in [0.5, 0.6) is 0 Å². The Morgan fingerprint density at radius 3 is 2.40 bits per heavy atom. The summed E-state index contributed by atoms with van der Waals surface area (Å²) in [7, 11) is -4.43. The van der Waals surface area contributed by atoms with Crippen molar-refractivity contribution in [2.45, 2.75) is 24.4 Å². The SMILES string of the molecule is O=S(=O)(Nc1cscn1)c1c(F)cc(NCc2ccccc2CN2CCC2)cc1F. The van der Waals surface area contributed by atoms with Crippen LogP contribution in [-0.2, 0) is 23.1 Å². The number of halogens is 2. The van der Waals surface area contributed by atoms with Crippen LogP contribution >= 0.6 is 11.3 Å². The quantitative estimate of drug-likeness (QED) is 0.542. The second-order valence-corrected chi connectivity index (χ2v) is 9.34. The predicted molar refractivity (Wildman–Crippen MR) is 113 cm³/mol. The van der Waals surface area contributed by atoms with Gasteiger partial charge in [-0.15, -0.1) is 11.3 Å². The van der Waals surface area contributed by atoms with E-state index in [0.717, 1.165) is 54.2 Å². The molecule has 0 radical (unpaired) electrons. The molecule has 1 aromatic heterocycles. The molecule has 1 fully saturated rings. The molecule has 10 heteroatoms. The van der Waals surface area contributed by atoms with Gasteiger partial charge in [0.25, 0.3) is 10.0 Å². The van der Waals surface area contributed by atoms with Gasteiger partial charge < -0.3 is 5.32 Å². The molecule has 0 aliphatic carbocycles. The fourth-order valence-corrected chi connectivity index (χ4v) is 4.91. The van der Waals surface area contributed by atoms with Gasteiger partial charge in [0.2, 0.25) is 0 Å². The third-order valence-corrected chi connectivity index (χ3v) is 6.87. The maximum Gasteiger partial charge on any atom is 0.268 e. The third kappa shape index (κ3) is 4.61. The molecular weight excluding hydrogens is 430 g/mol. The molecule has 2 aromatic carbocycles. The lowest BCUT2D eigenvalue weighted by atomic mass is 10.1. The fraction of sp³-hybridized carbons (Fsp3) is 0.250. The van der Waals surface area contributed by atoms with E-state index < -0.39 is 26.6 Å². The number of nitrogens with zero attached hydrogens (tertiary/aromatic N) is 2. The Labute approximate surface area is 177 Å². The maximum absolute atomic E-state index is 14.5. The lowest BCUT2D eigenvalue weighted by molar-refractivity contribution is 0.172. The molecule has 0 saturated carbocycles. The van der Waals surface area contributed by atoms with Gasteiger partial charge in [0.05, 0.1) is 5.51 Å². The summed E-state index contributed by atoms with van der Waals surface area (Å²) in [5.41, 5.74) is 3.75. The van der Waals surface area contributed by atoms with E-state index in [1.165, 1.54) is 17.3 Å². The van der Waals surface area contributed by atoms with Gasteiger partial charge in [-0.2, -0.15) is 0 Å². The number of anilines is 2. The van der Waals surface area contributed by atoms with Gasteiger partial charge in [0, 0.05) is 24.2 Å². The number of aromatic nitrogens is 1. The lowest BCUT2D eigenvalue weighted by Crippen LogP contribution is -2.36. The molecule has 1 saturated heterocycles. The Balaban J connectivity index is 1.50. The van der Waals surface area contributed by atoms with Crippen molar-refractivity contribution >= 4 is 32.9 Å². The van der Waals surface area contributed by atoms with Gasteiger partial charge >= 0.3 is 0 Å². The van der Waals surface area contributed by atoms with Crippen LogP contribution in [0, 0.1) is 11.6 Å². The molecule has 0 spiro atoms. The average molecular weight is 451 g/mol. The number of nitrogens with one attached hydrogen (secondary N) is 2. The van der Waals surface area contributed by atoms with E-state index in [1.54, 1.807) is 0 Å². The summed E-state index contributed by atoms with van der Waals surface area (Å²) < 4.78 is 55.9. The van der Waals surface area contributed by atoms with E-state index in [4.69, 9.17) is 0 Å². The standard InChI is InChI=1S/C20H20F2N4O2S2/c21-17-8-16(9-18(22)20(17)30(27,28)25-19-12-29-13-24-19)23-10-14-4-1-2-5-15(14)11-26-6-3-7-26/h1-2,4-5,8-9,12-13,23,25H,3,6-7,10-11H2. The average Bonchev–Trinajstić information content (AvgIpc) is 3.15. The second-order valence-electron chi connectivity index (χ2n) is 7.00. The number of hydrogen-bond donors (Lipinski definition) is 2. The van der Waals surface area contributed by atoms with Crippen molar-refractivity contribution in [2.75, 3.05) is 23.1 Å². The highest BCUT2D eigenvalue weighted by Gasteiger charge is 2.26. The van der Waals surface area contributed by atoms with Crippen molar-refractivity contribution in [1.82, 2.24) is 9.88 Å². The summed E-state index contributed by atoms with van der Waals surface area (Å²) in [6, 6.07) is 9.85. The van der Waals surface area contributed by atoms with Crippen molar-refractivity contribution in [3.05, 3.63) is 70.1 Å². The second kappa shape index (κ2) is 8.66. The Morgan fingerprint density at radius 1 is 1.10 bits per heavy atom. The first-order valence-corrected chi connectivity index (χ1v) is 11.8. The van der Waals surface area contributed by atoms with Gasteiger partial charge in [0.15, 0.2) is 10.7 Å². The molecule has 158 valence electrons. The van der Waals surface area contributed by atoms with Crippen LogP contribution in [-0.4, -0.2) is 31.4 Å². The summed E-state index contributed by atoms with van der Waals surface area (Å²) in [6.07, 6.45) is 1.20. The molecule has 1 aliphatic heterocycles. The topological polar surface area (TPSA) is 74.3 Å². The Hall–Kier alpha value is -2.56. The molecule has 2 N–H and O–H groups in total. The van der Waals surface area contributed by atoms with Gasteiger partial charge in [0.1, 0.15) is 11.6 Å². The molecule has 6 nitrogen and oxygen atoms in total. The number of rotatable bonds is 8. The summed E-state index contributed by atoms with van der Waals surface area (Å²) in [4.78, 5) is 5.07. The van der Waals surface area contributed by atoms with E-state index >= 15 is 0 Å². The molecule has 3 aromatic rings. The first-order chi connectivity index (χ1) is 14.4. The number of likely N-dealkylation sites (tertiary alicyclic amines) is 1. The van der Waals surface area contributed by atoms with Crippen LogP contribution in [0.3, 0.4) is 0 Å². The minimum atomic E-state index is -4.43. The summed E-state index contributed by atoms with van der Waals surface area (Å²) in [5.74, 6) is -2.33. The highest BCUT2D eigenvalue weighted by atomic mass is 32.2. The van der Waals surface area contributed by atoms with Crippen LogP contribution < -0.4 is 10.0 Å². The van der Waals surface area contributed by atoms with Crippen molar-refractivity contribution in [3.63, 3.8) is 0 Å². The normalized spacial score (nSPS) is 14.3. The van der Waals surface area contributed by atoms with E-state index in [9.17, 15) is 17.2 Å². The molecule has 1 aliphatic rings. The largest absolute Gasteiger partial charge is 0.381 e. The first kappa shape index (κ1) is 20.7. The van der Waals surface area contributed by atoms with Gasteiger partial charge in [-0.05, 0) is 42.8 Å². The molecule has 0 unspecified atom stereocenters. The zero-order chi connectivity index (χ0) is 21.1. The molecular formula is C20H20F2N4O2S2. The van der Waals surface area contributed by atoms with Gasteiger partial charge in [-0.3, -0.25) is 9.62 Å². The monoisotopic (exact) mass is 450 g/mol. The van der Waals surface area contributed by atoms with Crippen molar-refractivity contribution in [3.8, 4) is 0 Å². The lowest BCUT2D eigenvalue weighted by Gasteiger charge is -2.31. The smallest absolute Gasteiger partial charge is 0.268 e. The summed E-state index contributed by atoms with van der Waals surface area (Å²) >= 11 is 1.16. The third-order valence-electron chi connectivity index (χ3n) is 4.88. The number of hydrogen-bond acceptors (Lipinski definition) is 6. The zero-order valence-corrected chi connectivity index (χ0v) is 17.6. The fourth-order valence-electron chi connectivity index (χ4n) is 3.23. The Morgan fingerprint density at radius 2 is 1.80 bits per heavy atom. The van der Waals surface area contributed by atoms with Gasteiger partial charge in [-0.1, -0.05) is 24.3 Å². The van der Waals surface area contributed by atoms with E-state index in [0.29, 0.717) is 6.54 Å². The summed E-state index contributed by atoms with van der Waals surface area (Å²) in [6.45, 7) is 3.35. The van der Waals surface area contributed by atoms with Crippen LogP contribution in [0.25, 0.3) is 0 Å². The van der Waals surface area contributed by atoms with Crippen molar-refractivity contribution < 1.29 is 17.2 Å². The minimum absolute atomic E-state index is 0.0137. The molecule has 30 heavy (non-hydrogen) atoms.